The molecule has 0 amide bonds. The molecule has 3 aliphatic carbocycles. The van der Waals surface area contributed by atoms with Crippen LogP contribution in [0, 0.1) is 23.1 Å². The van der Waals surface area contributed by atoms with Crippen LogP contribution in [0.4, 0.5) is 15.9 Å². The van der Waals surface area contributed by atoms with Crippen molar-refractivity contribution in [2.75, 3.05) is 85.0 Å². The minimum absolute atomic E-state index is 0.188. The van der Waals surface area contributed by atoms with E-state index in [4.69, 9.17) is 43.7 Å². The normalized spacial score (nSPS) is 20.4. The van der Waals surface area contributed by atoms with Crippen molar-refractivity contribution in [2.45, 2.75) is 57.8 Å². The number of esters is 1. The Morgan fingerprint density at radius 2 is 1.58 bits per heavy atom. The average molecular weight is 977 g/mol. The summed E-state index contributed by atoms with van der Waals surface area (Å²) in [5.41, 5.74) is 8.01. The van der Waals surface area contributed by atoms with Crippen LogP contribution in [0.1, 0.15) is 68.1 Å². The maximum Gasteiger partial charge on any atom is 0.308 e. The number of Topliss-reactive ketones (excluding diaryl/α,β-unsaturated/α-hetero) is 1. The highest BCUT2D eigenvalue weighted by Gasteiger charge is 2.58. The van der Waals surface area contributed by atoms with Crippen molar-refractivity contribution >= 4 is 34.2 Å². The zero-order valence-electron chi connectivity index (χ0n) is 40.7. The number of aromatic nitrogens is 2. The molecular weight excluding hydrogens is 912 g/mol. The van der Waals surface area contributed by atoms with E-state index in [9.17, 15) is 14.0 Å². The topological polar surface area (TPSA) is 196 Å². The molecule has 378 valence electrons. The molecule has 5 aromatic rings. The number of carbonyl (C=O) groups is 2. The van der Waals surface area contributed by atoms with Gasteiger partial charge in [0.25, 0.3) is 0 Å². The molecule has 3 aliphatic rings. The Morgan fingerprint density at radius 1 is 0.831 bits per heavy atom. The number of carbonyl (C=O) groups excluding carboxylic acids is 2. The lowest BCUT2D eigenvalue weighted by Crippen LogP contribution is -2.46. The summed E-state index contributed by atoms with van der Waals surface area (Å²) in [7, 11) is 1.55. The van der Waals surface area contributed by atoms with Crippen LogP contribution in [0.15, 0.2) is 97.1 Å². The quantitative estimate of drug-likeness (QED) is 0.0138. The molecular formula is C54H65FN6O10. The van der Waals surface area contributed by atoms with Gasteiger partial charge in [0.2, 0.25) is 0 Å². The van der Waals surface area contributed by atoms with Gasteiger partial charge in [0.05, 0.1) is 71.2 Å². The predicted octanol–water partition coefficient (Wildman–Crippen LogP) is 7.68. The first-order valence-corrected chi connectivity index (χ1v) is 24.4. The van der Waals surface area contributed by atoms with Gasteiger partial charge < -0.3 is 54.0 Å². The van der Waals surface area contributed by atoms with E-state index in [1.54, 1.807) is 37.6 Å². The first-order valence-electron chi connectivity index (χ1n) is 24.4. The van der Waals surface area contributed by atoms with E-state index in [-0.39, 0.29) is 36.3 Å². The number of nitrogens with zero attached hydrogens (tertiary/aromatic N) is 2. The second kappa shape index (κ2) is 24.6. The van der Waals surface area contributed by atoms with Gasteiger partial charge in [0, 0.05) is 48.6 Å². The first kappa shape index (κ1) is 51.0. The SMILES string of the molecule is COc1cc2c(Nc3cccc(F)c3)ncnc2cc1OCCOCCOCCOCCOC/C(=C/NCCOc1ccc([C@H]2C[C@]3(C)C(=O)CCC3C3CCc4cc(OC(C)=O)ccc4C32)cc1)NN. The molecule has 71 heavy (non-hydrogen) atoms. The Bertz CT molecular complexity index is 2620. The molecule has 2 fully saturated rings. The molecule has 5 N–H and O–H groups in total. The monoisotopic (exact) mass is 976 g/mol. The van der Waals surface area contributed by atoms with Gasteiger partial charge in [-0.2, -0.15) is 0 Å². The van der Waals surface area contributed by atoms with Crippen LogP contribution >= 0.6 is 0 Å². The maximum atomic E-state index is 13.7. The minimum Gasteiger partial charge on any atom is -0.493 e. The number of hydrogen-bond acceptors (Lipinski definition) is 16. The molecule has 0 saturated heterocycles. The fourth-order valence-electron chi connectivity index (χ4n) is 10.6. The van der Waals surface area contributed by atoms with Gasteiger partial charge in [-0.05, 0) is 115 Å². The van der Waals surface area contributed by atoms with Gasteiger partial charge in [-0.25, -0.2) is 14.4 Å². The molecule has 0 bridgehead atoms. The van der Waals surface area contributed by atoms with Gasteiger partial charge in [0.15, 0.2) is 11.5 Å². The van der Waals surface area contributed by atoms with Crippen molar-refractivity contribution in [1.29, 1.82) is 0 Å². The summed E-state index contributed by atoms with van der Waals surface area (Å²) in [6.07, 6.45) is 7.61. The van der Waals surface area contributed by atoms with E-state index < -0.39 is 0 Å². The Kier molecular flexibility index (Phi) is 17.7. The van der Waals surface area contributed by atoms with E-state index in [0.29, 0.717) is 135 Å². The molecule has 1 aromatic heterocycles. The Morgan fingerprint density at radius 3 is 2.31 bits per heavy atom. The molecule has 0 radical (unpaired) electrons. The summed E-state index contributed by atoms with van der Waals surface area (Å²) in [4.78, 5) is 33.7. The van der Waals surface area contributed by atoms with E-state index >= 15 is 0 Å². The van der Waals surface area contributed by atoms with Crippen molar-refractivity contribution in [3.63, 3.8) is 0 Å². The van der Waals surface area contributed by atoms with Crippen LogP contribution in [-0.4, -0.2) is 101 Å². The highest BCUT2D eigenvalue weighted by Crippen LogP contribution is 2.64. The summed E-state index contributed by atoms with van der Waals surface area (Å²) in [5.74, 6) is 9.65. The number of hydrogen-bond donors (Lipinski definition) is 4. The van der Waals surface area contributed by atoms with Crippen LogP contribution in [0.2, 0.25) is 0 Å². The molecule has 3 unspecified atom stereocenters. The number of nitrogens with one attached hydrogen (secondary N) is 3. The van der Waals surface area contributed by atoms with Crippen LogP contribution in [-0.2, 0) is 35.0 Å². The standard InChI is InChI=1S/C54H65FN6O10/c1-35(62)71-42-12-14-43-37(27-42)9-13-44-47-15-16-51(63)54(47,2)31-46(52(43)44)36-7-10-41(11-8-36)69-18-17-57-32-40(61-56)33-68-24-23-66-20-19-65-21-22-67-25-26-70-50-30-48-45(29-49(50)64-3)53(59-34-58-48)60-39-6-4-5-38(55)28-39/h4-8,10-12,14,27-30,32,34,44,46-47,52,57,61H,9,13,15-26,31,33,56H2,1-3H3,(H,58,59,60)/b40-32-/t44?,46-,47?,52?,54+/m1/s1. The lowest BCUT2D eigenvalue weighted by atomic mass is 9.51. The molecule has 2 saturated carbocycles. The number of ether oxygens (including phenoxy) is 8. The zero-order chi connectivity index (χ0) is 49.6. The summed E-state index contributed by atoms with van der Waals surface area (Å²) < 4.78 is 59.4. The zero-order valence-corrected chi connectivity index (χ0v) is 40.7. The molecule has 4 aromatic carbocycles. The highest BCUT2D eigenvalue weighted by atomic mass is 19.1. The number of ketones is 1. The van der Waals surface area contributed by atoms with Crippen molar-refractivity contribution in [3.05, 3.63) is 120 Å². The van der Waals surface area contributed by atoms with Crippen LogP contribution in [0.5, 0.6) is 23.0 Å². The van der Waals surface area contributed by atoms with Crippen LogP contribution in [0.25, 0.3) is 10.9 Å². The number of anilines is 2. The number of rotatable bonds is 26. The van der Waals surface area contributed by atoms with Crippen LogP contribution < -0.4 is 40.8 Å². The summed E-state index contributed by atoms with van der Waals surface area (Å²) in [5, 5.41) is 7.06. The first-order chi connectivity index (χ1) is 34.6. The molecule has 16 nitrogen and oxygen atoms in total. The number of halogens is 1. The van der Waals surface area contributed by atoms with Gasteiger partial charge in [-0.15, -0.1) is 0 Å². The van der Waals surface area contributed by atoms with Gasteiger partial charge in [-0.1, -0.05) is 31.2 Å². The van der Waals surface area contributed by atoms with Crippen molar-refractivity contribution < 1.29 is 51.9 Å². The highest BCUT2D eigenvalue weighted by molar-refractivity contribution is 5.93. The Hall–Kier alpha value is -6.37. The molecule has 0 spiro atoms. The number of aryl methyl sites for hydroxylation is 1. The van der Waals surface area contributed by atoms with Crippen LogP contribution in [0.3, 0.4) is 0 Å². The minimum atomic E-state index is -0.351. The fraction of sp³-hybridized carbons (Fsp3) is 0.444. The maximum absolute atomic E-state index is 13.7. The third-order valence-corrected chi connectivity index (χ3v) is 13.8. The second-order valence-corrected chi connectivity index (χ2v) is 18.3. The summed E-state index contributed by atoms with van der Waals surface area (Å²) in [6, 6.07) is 24.2. The number of fused-ring (bicyclic) bond motifs is 6. The Balaban J connectivity index is 0.674. The predicted molar refractivity (Wildman–Crippen MR) is 265 cm³/mol. The molecule has 8 rings (SSSR count). The van der Waals surface area contributed by atoms with Gasteiger partial charge in [0.1, 0.15) is 48.5 Å². The Labute approximate surface area is 414 Å². The summed E-state index contributed by atoms with van der Waals surface area (Å²) >= 11 is 0. The third kappa shape index (κ3) is 12.9. The number of nitrogens with two attached hydrogens (primary N) is 1. The number of hydrazine groups is 1. The molecule has 1 heterocycles. The van der Waals surface area contributed by atoms with E-state index in [1.165, 1.54) is 42.1 Å². The van der Waals surface area contributed by atoms with Crippen molar-refractivity contribution in [1.82, 2.24) is 20.7 Å². The van der Waals surface area contributed by atoms with Gasteiger partial charge >= 0.3 is 5.97 Å². The molecule has 0 aliphatic heterocycles. The average Bonchev–Trinajstić information content (AvgIpc) is 3.67. The van der Waals surface area contributed by atoms with E-state index in [1.807, 2.05) is 24.3 Å². The number of benzene rings is 4. The number of methoxy groups -OCH3 is 1. The largest absolute Gasteiger partial charge is 0.493 e. The lowest BCUT2D eigenvalue weighted by molar-refractivity contribution is -0.132. The van der Waals surface area contributed by atoms with Gasteiger partial charge in [-0.3, -0.25) is 15.4 Å². The van der Waals surface area contributed by atoms with E-state index in [2.05, 4.69) is 51.2 Å². The van der Waals surface area contributed by atoms with Crippen molar-refractivity contribution in [3.8, 4) is 23.0 Å². The smallest absolute Gasteiger partial charge is 0.308 e. The fourth-order valence-corrected chi connectivity index (χ4v) is 10.6. The molecule has 17 heteroatoms. The van der Waals surface area contributed by atoms with Crippen molar-refractivity contribution in [2.24, 2.45) is 23.1 Å². The summed E-state index contributed by atoms with van der Waals surface area (Å²) in [6.45, 7) is 7.93. The third-order valence-electron chi connectivity index (χ3n) is 13.8. The lowest BCUT2D eigenvalue weighted by Gasteiger charge is -2.52. The second-order valence-electron chi connectivity index (χ2n) is 18.3. The molecule has 5 atom stereocenters. The van der Waals surface area contributed by atoms with E-state index in [0.717, 1.165) is 31.4 Å².